The zero-order valence-electron chi connectivity index (χ0n) is 13.7. The molecule has 0 bridgehead atoms. The second-order valence-corrected chi connectivity index (χ2v) is 9.12. The zero-order chi connectivity index (χ0) is 18.6. The molecule has 0 saturated carbocycles. The summed E-state index contributed by atoms with van der Waals surface area (Å²) in [6, 6.07) is 10.9. The standard InChI is InChI=1S/C17H17N3O3S3/c18-26(22,23)11-13-5-3-12(4-6-13)9-19-16(21)8-14-10-25-17(20-14)15-2-1-7-24-15/h1-7,10H,8-9,11H2,(H,19,21)(H2,18,22,23). The van der Waals surface area contributed by atoms with Crippen molar-refractivity contribution in [1.82, 2.24) is 10.3 Å². The molecule has 3 N–H and O–H groups in total. The van der Waals surface area contributed by atoms with E-state index in [1.165, 1.54) is 11.3 Å². The monoisotopic (exact) mass is 407 g/mol. The van der Waals surface area contributed by atoms with Crippen LogP contribution in [0.3, 0.4) is 0 Å². The Labute approximate surface area is 159 Å². The van der Waals surface area contributed by atoms with Crippen molar-refractivity contribution >= 4 is 38.6 Å². The fourth-order valence-electron chi connectivity index (χ4n) is 2.31. The van der Waals surface area contributed by atoms with Crippen molar-refractivity contribution in [3.05, 3.63) is 64.0 Å². The Morgan fingerprint density at radius 3 is 2.50 bits per heavy atom. The van der Waals surface area contributed by atoms with Gasteiger partial charge in [-0.25, -0.2) is 18.5 Å². The molecule has 1 amide bonds. The second kappa shape index (κ2) is 8.09. The summed E-state index contributed by atoms with van der Waals surface area (Å²) in [4.78, 5) is 17.7. The third-order valence-electron chi connectivity index (χ3n) is 3.51. The number of aromatic nitrogens is 1. The van der Waals surface area contributed by atoms with Gasteiger partial charge in [0.1, 0.15) is 5.01 Å². The smallest absolute Gasteiger partial charge is 0.226 e. The number of nitrogens with zero attached hydrogens (tertiary/aromatic N) is 1. The van der Waals surface area contributed by atoms with Crippen LogP contribution in [-0.4, -0.2) is 19.3 Å². The third kappa shape index (κ3) is 5.46. The van der Waals surface area contributed by atoms with E-state index < -0.39 is 10.0 Å². The minimum absolute atomic E-state index is 0.110. The molecule has 2 aromatic heterocycles. The summed E-state index contributed by atoms with van der Waals surface area (Å²) in [7, 11) is -3.54. The van der Waals surface area contributed by atoms with Gasteiger partial charge in [0, 0.05) is 11.9 Å². The predicted molar refractivity (Wildman–Crippen MR) is 104 cm³/mol. The number of amides is 1. The molecule has 0 spiro atoms. The average Bonchev–Trinajstić information content (AvgIpc) is 3.24. The minimum atomic E-state index is -3.54. The largest absolute Gasteiger partial charge is 0.352 e. The van der Waals surface area contributed by atoms with E-state index in [4.69, 9.17) is 5.14 Å². The first kappa shape index (κ1) is 18.7. The van der Waals surface area contributed by atoms with E-state index in [1.54, 1.807) is 35.6 Å². The number of nitrogens with two attached hydrogens (primary N) is 1. The van der Waals surface area contributed by atoms with Crippen molar-refractivity contribution in [3.8, 4) is 9.88 Å². The van der Waals surface area contributed by atoms with Crippen LogP contribution in [0.1, 0.15) is 16.8 Å². The van der Waals surface area contributed by atoms with Gasteiger partial charge in [0.2, 0.25) is 15.9 Å². The first-order chi connectivity index (χ1) is 12.4. The Bertz CT molecular complexity index is 978. The Morgan fingerprint density at radius 2 is 1.85 bits per heavy atom. The van der Waals surface area contributed by atoms with Gasteiger partial charge in [-0.15, -0.1) is 22.7 Å². The molecule has 0 aliphatic heterocycles. The molecule has 3 aromatic rings. The summed E-state index contributed by atoms with van der Waals surface area (Å²) in [6.45, 7) is 0.371. The van der Waals surface area contributed by atoms with E-state index >= 15 is 0 Å². The lowest BCUT2D eigenvalue weighted by molar-refractivity contribution is -0.120. The van der Waals surface area contributed by atoms with Crippen molar-refractivity contribution in [2.75, 3.05) is 0 Å². The molecule has 3 rings (SSSR count). The van der Waals surface area contributed by atoms with Gasteiger partial charge in [-0.05, 0) is 22.6 Å². The van der Waals surface area contributed by atoms with Crippen LogP contribution >= 0.6 is 22.7 Å². The minimum Gasteiger partial charge on any atom is -0.352 e. The van der Waals surface area contributed by atoms with Gasteiger partial charge in [-0.3, -0.25) is 4.79 Å². The summed E-state index contributed by atoms with van der Waals surface area (Å²) in [5.74, 6) is -0.308. The van der Waals surface area contributed by atoms with Gasteiger partial charge in [0.25, 0.3) is 0 Å². The van der Waals surface area contributed by atoms with Crippen LogP contribution < -0.4 is 10.5 Å². The van der Waals surface area contributed by atoms with Crippen LogP contribution in [-0.2, 0) is 33.5 Å². The van der Waals surface area contributed by atoms with Gasteiger partial charge in [-0.2, -0.15) is 0 Å². The topological polar surface area (TPSA) is 102 Å². The van der Waals surface area contributed by atoms with Crippen molar-refractivity contribution < 1.29 is 13.2 Å². The molecule has 136 valence electrons. The van der Waals surface area contributed by atoms with Gasteiger partial charge < -0.3 is 5.32 Å². The van der Waals surface area contributed by atoms with Gasteiger partial charge in [-0.1, -0.05) is 30.3 Å². The molecule has 6 nitrogen and oxygen atoms in total. The SMILES string of the molecule is NS(=O)(=O)Cc1ccc(CNC(=O)Cc2csc(-c3cccs3)n2)cc1. The molecule has 0 saturated heterocycles. The number of rotatable bonds is 7. The maximum absolute atomic E-state index is 12.1. The van der Waals surface area contributed by atoms with Crippen LogP contribution in [0.4, 0.5) is 0 Å². The fraction of sp³-hybridized carbons (Fsp3) is 0.176. The van der Waals surface area contributed by atoms with Crippen LogP contribution in [0.5, 0.6) is 0 Å². The number of sulfonamides is 1. The van der Waals surface area contributed by atoms with Crippen molar-refractivity contribution in [2.24, 2.45) is 5.14 Å². The number of carbonyl (C=O) groups is 1. The molecule has 2 heterocycles. The van der Waals surface area contributed by atoms with Crippen LogP contribution in [0.2, 0.25) is 0 Å². The first-order valence-corrected chi connectivity index (χ1v) is 11.2. The van der Waals surface area contributed by atoms with Crippen LogP contribution in [0, 0.1) is 0 Å². The van der Waals surface area contributed by atoms with Crippen LogP contribution in [0.25, 0.3) is 9.88 Å². The summed E-state index contributed by atoms with van der Waals surface area (Å²) < 4.78 is 22.1. The fourth-order valence-corrected chi connectivity index (χ4v) is 4.61. The lowest BCUT2D eigenvalue weighted by atomic mass is 10.1. The first-order valence-electron chi connectivity index (χ1n) is 7.72. The molecule has 0 aliphatic carbocycles. The highest BCUT2D eigenvalue weighted by atomic mass is 32.2. The van der Waals surface area contributed by atoms with Crippen molar-refractivity contribution in [3.63, 3.8) is 0 Å². The lowest BCUT2D eigenvalue weighted by Gasteiger charge is -2.06. The highest BCUT2D eigenvalue weighted by molar-refractivity contribution is 7.88. The van der Waals surface area contributed by atoms with Crippen molar-refractivity contribution in [1.29, 1.82) is 0 Å². The maximum atomic E-state index is 12.1. The van der Waals surface area contributed by atoms with E-state index in [0.29, 0.717) is 12.1 Å². The summed E-state index contributed by atoms with van der Waals surface area (Å²) >= 11 is 3.15. The normalized spacial score (nSPS) is 11.4. The zero-order valence-corrected chi connectivity index (χ0v) is 16.2. The molecule has 0 unspecified atom stereocenters. The van der Waals surface area contributed by atoms with Gasteiger partial charge in [0.05, 0.1) is 22.7 Å². The number of hydrogen-bond acceptors (Lipinski definition) is 6. The highest BCUT2D eigenvalue weighted by Gasteiger charge is 2.10. The van der Waals surface area contributed by atoms with Gasteiger partial charge >= 0.3 is 0 Å². The van der Waals surface area contributed by atoms with E-state index in [9.17, 15) is 13.2 Å². The third-order valence-corrected chi connectivity index (χ3v) is 6.17. The van der Waals surface area contributed by atoms with E-state index in [-0.39, 0.29) is 18.1 Å². The maximum Gasteiger partial charge on any atom is 0.226 e. The molecule has 0 radical (unpaired) electrons. The van der Waals surface area contributed by atoms with E-state index in [2.05, 4.69) is 10.3 Å². The molecule has 0 fully saturated rings. The molecule has 0 aliphatic rings. The number of carbonyl (C=O) groups excluding carboxylic acids is 1. The lowest BCUT2D eigenvalue weighted by Crippen LogP contribution is -2.24. The molecule has 1 aromatic carbocycles. The molecular formula is C17H17N3O3S3. The quantitative estimate of drug-likeness (QED) is 0.628. The Balaban J connectivity index is 1.51. The van der Waals surface area contributed by atoms with E-state index in [0.717, 1.165) is 21.1 Å². The number of nitrogens with one attached hydrogen (secondary N) is 1. The molecule has 26 heavy (non-hydrogen) atoms. The van der Waals surface area contributed by atoms with Crippen LogP contribution in [0.15, 0.2) is 47.2 Å². The summed E-state index contributed by atoms with van der Waals surface area (Å²) in [5, 5.41) is 12.7. The number of thiazole rings is 1. The molecule has 0 atom stereocenters. The number of primary sulfonamides is 1. The number of thiophene rings is 1. The van der Waals surface area contributed by atoms with Gasteiger partial charge in [0.15, 0.2) is 0 Å². The Hall–Kier alpha value is -2.07. The number of benzene rings is 1. The predicted octanol–water partition coefficient (Wildman–Crippen LogP) is 2.52. The summed E-state index contributed by atoms with van der Waals surface area (Å²) in [6.07, 6.45) is 0.228. The highest BCUT2D eigenvalue weighted by Crippen LogP contribution is 2.27. The molecule has 9 heteroatoms. The molecular weight excluding hydrogens is 390 g/mol. The second-order valence-electron chi connectivity index (χ2n) is 5.70. The van der Waals surface area contributed by atoms with E-state index in [1.807, 2.05) is 22.9 Å². The van der Waals surface area contributed by atoms with Crippen molar-refractivity contribution in [2.45, 2.75) is 18.7 Å². The summed E-state index contributed by atoms with van der Waals surface area (Å²) in [5.41, 5.74) is 2.25. The number of hydrogen-bond donors (Lipinski definition) is 2. The Kier molecular flexibility index (Phi) is 5.82. The Morgan fingerprint density at radius 1 is 1.12 bits per heavy atom. The average molecular weight is 408 g/mol.